The quantitative estimate of drug-likeness (QED) is 0.0347. The number of hydrogen-bond acceptors (Lipinski definition) is 5. The van der Waals surface area contributed by atoms with Gasteiger partial charge in [-0.3, -0.25) is 9.59 Å². The van der Waals surface area contributed by atoms with Gasteiger partial charge in [0.2, 0.25) is 0 Å². The van der Waals surface area contributed by atoms with E-state index in [1.807, 2.05) is 0 Å². The van der Waals surface area contributed by atoms with Gasteiger partial charge in [-0.15, -0.1) is 0 Å². The second-order valence-corrected chi connectivity index (χ2v) is 17.1. The Kier molecular flexibility index (Phi) is 48.9. The Hall–Kier alpha value is -2.40. The van der Waals surface area contributed by atoms with E-state index in [-0.39, 0.29) is 25.2 Å². The van der Waals surface area contributed by atoms with E-state index in [2.05, 4.69) is 81.5 Å². The summed E-state index contributed by atoms with van der Waals surface area (Å²) in [7, 11) is 0. The van der Waals surface area contributed by atoms with Crippen molar-refractivity contribution in [2.24, 2.45) is 0 Å². The van der Waals surface area contributed by atoms with Gasteiger partial charge in [0.25, 0.3) is 0 Å². The van der Waals surface area contributed by atoms with Crippen LogP contribution in [0.3, 0.4) is 0 Å². The zero-order valence-corrected chi connectivity index (χ0v) is 40.0. The number of carbonyl (C=O) groups is 2. The molecule has 0 fully saturated rings. The average Bonchev–Trinajstić information content (AvgIpc) is 3.25. The van der Waals surface area contributed by atoms with Crippen molar-refractivity contribution < 1.29 is 23.8 Å². The van der Waals surface area contributed by atoms with E-state index in [0.29, 0.717) is 19.4 Å². The summed E-state index contributed by atoms with van der Waals surface area (Å²) in [5.74, 6) is -0.424. The molecule has 0 N–H and O–H groups in total. The fourth-order valence-electron chi connectivity index (χ4n) is 7.10. The van der Waals surface area contributed by atoms with Gasteiger partial charge in [0.1, 0.15) is 6.61 Å². The highest BCUT2D eigenvalue weighted by Crippen LogP contribution is 2.13. The highest BCUT2D eigenvalue weighted by Gasteiger charge is 2.17. The second-order valence-electron chi connectivity index (χ2n) is 17.1. The maximum atomic E-state index is 12.8. The van der Waals surface area contributed by atoms with Crippen molar-refractivity contribution in [3.05, 3.63) is 60.8 Å². The van der Waals surface area contributed by atoms with Crippen LogP contribution in [0, 0.1) is 0 Å². The number of carbonyl (C=O) groups excluding carboxylic acids is 2. The Morgan fingerprint density at radius 1 is 0.367 bits per heavy atom. The van der Waals surface area contributed by atoms with Crippen LogP contribution in [0.15, 0.2) is 60.8 Å². The first-order valence-corrected chi connectivity index (χ1v) is 25.8. The van der Waals surface area contributed by atoms with Gasteiger partial charge in [-0.25, -0.2) is 0 Å². The van der Waals surface area contributed by atoms with Gasteiger partial charge >= 0.3 is 11.9 Å². The third-order valence-corrected chi connectivity index (χ3v) is 11.0. The highest BCUT2D eigenvalue weighted by atomic mass is 16.6. The van der Waals surface area contributed by atoms with Gasteiger partial charge in [0.05, 0.1) is 6.61 Å². The molecule has 5 heteroatoms. The number of hydrogen-bond donors (Lipinski definition) is 0. The molecule has 0 saturated heterocycles. The van der Waals surface area contributed by atoms with Crippen LogP contribution in [0.25, 0.3) is 0 Å². The minimum absolute atomic E-state index is 0.0701. The van der Waals surface area contributed by atoms with Crippen molar-refractivity contribution in [1.29, 1.82) is 0 Å². The molecule has 0 aliphatic carbocycles. The summed E-state index contributed by atoms with van der Waals surface area (Å²) >= 11 is 0. The zero-order chi connectivity index (χ0) is 43.5. The summed E-state index contributed by atoms with van der Waals surface area (Å²) in [4.78, 5) is 25.4. The van der Waals surface area contributed by atoms with Gasteiger partial charge in [-0.2, -0.15) is 0 Å². The molecule has 0 heterocycles. The van der Waals surface area contributed by atoms with Crippen molar-refractivity contribution in [2.75, 3.05) is 19.8 Å². The molecule has 0 saturated carbocycles. The maximum Gasteiger partial charge on any atom is 0.306 e. The SMILES string of the molecule is CCC/C=C\C/C=C\CCCCCCCCOCC(COC(=O)CCCCCCC/C=C\C/C=C\CCCCC)OC(=O)CCCCCCC/C=C\CCCCCCCC. The first kappa shape index (κ1) is 57.6. The smallest absolute Gasteiger partial charge is 0.306 e. The van der Waals surface area contributed by atoms with Crippen LogP contribution in [0.2, 0.25) is 0 Å². The van der Waals surface area contributed by atoms with Crippen LogP contribution in [-0.4, -0.2) is 37.9 Å². The lowest BCUT2D eigenvalue weighted by Crippen LogP contribution is -2.30. The molecule has 348 valence electrons. The van der Waals surface area contributed by atoms with E-state index in [1.165, 1.54) is 141 Å². The van der Waals surface area contributed by atoms with E-state index in [0.717, 1.165) is 77.0 Å². The fourth-order valence-corrected chi connectivity index (χ4v) is 7.10. The van der Waals surface area contributed by atoms with Crippen LogP contribution in [-0.2, 0) is 23.8 Å². The summed E-state index contributed by atoms with van der Waals surface area (Å²) in [6.45, 7) is 7.71. The van der Waals surface area contributed by atoms with Gasteiger partial charge in [-0.1, -0.05) is 197 Å². The Labute approximate surface area is 373 Å². The molecule has 0 aliphatic rings. The molecule has 0 aromatic heterocycles. The number of unbranched alkanes of at least 4 members (excludes halogenated alkanes) is 26. The minimum atomic E-state index is -0.552. The standard InChI is InChI=1S/C55H98O5/c1-4-7-10-13-16-19-22-25-28-30-33-36-39-42-45-48-54(56)59-52-53(51-58-50-47-44-41-38-35-32-27-24-21-18-15-12-9-6-3)60-55(57)49-46-43-40-37-34-31-29-26-23-20-17-14-11-8-5-2/h12,15-16,19,21,24-26,28-29,53H,4-11,13-14,17-18,20,22-23,27,30-52H2,1-3H3/b15-12-,19-16-,24-21-,28-25-,29-26-. The number of ether oxygens (including phenoxy) is 3. The number of esters is 2. The summed E-state index contributed by atoms with van der Waals surface area (Å²) in [5, 5.41) is 0. The van der Waals surface area contributed by atoms with E-state index in [1.54, 1.807) is 0 Å². The predicted molar refractivity (Wildman–Crippen MR) is 261 cm³/mol. The largest absolute Gasteiger partial charge is 0.462 e. The lowest BCUT2D eigenvalue weighted by Gasteiger charge is -2.18. The van der Waals surface area contributed by atoms with Crippen molar-refractivity contribution in [3.8, 4) is 0 Å². The monoisotopic (exact) mass is 839 g/mol. The Bertz CT molecular complexity index is 1040. The summed E-state index contributed by atoms with van der Waals surface area (Å²) in [6, 6.07) is 0. The molecule has 0 spiro atoms. The lowest BCUT2D eigenvalue weighted by atomic mass is 10.1. The molecule has 0 rings (SSSR count). The van der Waals surface area contributed by atoms with Crippen molar-refractivity contribution in [2.45, 2.75) is 258 Å². The molecule has 1 unspecified atom stereocenters. The second kappa shape index (κ2) is 51.0. The zero-order valence-electron chi connectivity index (χ0n) is 40.0. The molecule has 0 bridgehead atoms. The third kappa shape index (κ3) is 48.3. The van der Waals surface area contributed by atoms with Crippen molar-refractivity contribution in [3.63, 3.8) is 0 Å². The molecule has 0 radical (unpaired) electrons. The Morgan fingerprint density at radius 2 is 0.733 bits per heavy atom. The average molecular weight is 839 g/mol. The number of allylic oxidation sites excluding steroid dienone is 10. The van der Waals surface area contributed by atoms with Crippen molar-refractivity contribution in [1.82, 2.24) is 0 Å². The van der Waals surface area contributed by atoms with Crippen LogP contribution >= 0.6 is 0 Å². The van der Waals surface area contributed by atoms with Gasteiger partial charge in [0, 0.05) is 19.4 Å². The first-order valence-electron chi connectivity index (χ1n) is 25.8. The van der Waals surface area contributed by atoms with Gasteiger partial charge in [0.15, 0.2) is 6.10 Å². The fraction of sp³-hybridized carbons (Fsp3) is 0.782. The molecular formula is C55H98O5. The Balaban J connectivity index is 4.32. The van der Waals surface area contributed by atoms with Crippen LogP contribution < -0.4 is 0 Å². The summed E-state index contributed by atoms with van der Waals surface area (Å²) in [5.41, 5.74) is 0. The predicted octanol–water partition coefficient (Wildman–Crippen LogP) is 17.3. The Morgan fingerprint density at radius 3 is 1.22 bits per heavy atom. The molecule has 5 nitrogen and oxygen atoms in total. The number of rotatable bonds is 47. The maximum absolute atomic E-state index is 12.8. The molecule has 0 aromatic carbocycles. The molecule has 0 amide bonds. The third-order valence-electron chi connectivity index (χ3n) is 11.0. The topological polar surface area (TPSA) is 61.8 Å². The molecule has 0 aromatic rings. The van der Waals surface area contributed by atoms with E-state index in [4.69, 9.17) is 14.2 Å². The minimum Gasteiger partial charge on any atom is -0.462 e. The first-order chi connectivity index (χ1) is 29.6. The van der Waals surface area contributed by atoms with E-state index in [9.17, 15) is 9.59 Å². The highest BCUT2D eigenvalue weighted by molar-refractivity contribution is 5.70. The van der Waals surface area contributed by atoms with Gasteiger partial charge in [-0.05, 0) is 103 Å². The molecule has 1 atom stereocenters. The summed E-state index contributed by atoms with van der Waals surface area (Å²) in [6.07, 6.45) is 63.6. The van der Waals surface area contributed by atoms with E-state index < -0.39 is 6.10 Å². The molecule has 60 heavy (non-hydrogen) atoms. The van der Waals surface area contributed by atoms with Crippen LogP contribution in [0.4, 0.5) is 0 Å². The van der Waals surface area contributed by atoms with Crippen LogP contribution in [0.5, 0.6) is 0 Å². The molecular weight excluding hydrogens is 741 g/mol. The normalized spacial score (nSPS) is 12.7. The van der Waals surface area contributed by atoms with E-state index >= 15 is 0 Å². The van der Waals surface area contributed by atoms with Crippen molar-refractivity contribution >= 4 is 11.9 Å². The molecule has 0 aliphatic heterocycles. The summed E-state index contributed by atoms with van der Waals surface area (Å²) < 4.78 is 17.4. The lowest BCUT2D eigenvalue weighted by molar-refractivity contribution is -0.163. The van der Waals surface area contributed by atoms with Gasteiger partial charge < -0.3 is 14.2 Å². The van der Waals surface area contributed by atoms with Crippen LogP contribution in [0.1, 0.15) is 252 Å².